The number of anilines is 1. The molecular weight excluding hydrogens is 289 g/mol. The molecule has 2 aromatic rings. The number of nitrogens with two attached hydrogens (primary N) is 1. The second-order valence-corrected chi connectivity index (χ2v) is 4.46. The SMILES string of the molecule is Cc1nn(C)c(Oc2cc(F)ccc2Br)c1N. The molecule has 2 N–H and O–H groups in total. The van der Waals surface area contributed by atoms with E-state index in [2.05, 4.69) is 21.0 Å². The highest BCUT2D eigenvalue weighted by atomic mass is 79.9. The molecule has 90 valence electrons. The first-order chi connectivity index (χ1) is 7.99. The minimum Gasteiger partial charge on any atom is -0.436 e. The number of rotatable bonds is 2. The van der Waals surface area contributed by atoms with E-state index in [9.17, 15) is 4.39 Å². The molecule has 1 heterocycles. The summed E-state index contributed by atoms with van der Waals surface area (Å²) in [4.78, 5) is 0. The Hall–Kier alpha value is -1.56. The van der Waals surface area contributed by atoms with E-state index < -0.39 is 0 Å². The molecule has 0 amide bonds. The van der Waals surface area contributed by atoms with Gasteiger partial charge < -0.3 is 10.5 Å². The largest absolute Gasteiger partial charge is 0.436 e. The predicted octanol–water partition coefficient (Wildman–Crippen LogP) is 3.00. The smallest absolute Gasteiger partial charge is 0.241 e. The second-order valence-electron chi connectivity index (χ2n) is 3.60. The van der Waals surface area contributed by atoms with Crippen LogP contribution < -0.4 is 10.5 Å². The van der Waals surface area contributed by atoms with Crippen LogP contribution in [0.3, 0.4) is 0 Å². The number of halogens is 2. The van der Waals surface area contributed by atoms with Gasteiger partial charge in [-0.3, -0.25) is 0 Å². The molecule has 1 aromatic heterocycles. The van der Waals surface area contributed by atoms with E-state index in [-0.39, 0.29) is 5.82 Å². The van der Waals surface area contributed by atoms with E-state index in [1.54, 1.807) is 20.0 Å². The predicted molar refractivity (Wildman–Crippen MR) is 66.5 cm³/mol. The molecule has 4 nitrogen and oxygen atoms in total. The minimum absolute atomic E-state index is 0.361. The average Bonchev–Trinajstić information content (AvgIpc) is 2.50. The van der Waals surface area contributed by atoms with E-state index in [0.717, 1.165) is 0 Å². The Balaban J connectivity index is 2.41. The Kier molecular flexibility index (Phi) is 3.06. The van der Waals surface area contributed by atoms with Crippen molar-refractivity contribution >= 4 is 21.6 Å². The molecule has 0 bridgehead atoms. The molecule has 0 fully saturated rings. The minimum atomic E-state index is -0.374. The van der Waals surface area contributed by atoms with Crippen LogP contribution >= 0.6 is 15.9 Å². The summed E-state index contributed by atoms with van der Waals surface area (Å²) in [5.74, 6) is 0.383. The van der Waals surface area contributed by atoms with Gasteiger partial charge in [0, 0.05) is 13.1 Å². The normalized spacial score (nSPS) is 10.6. The van der Waals surface area contributed by atoms with Gasteiger partial charge in [-0.2, -0.15) is 5.10 Å². The number of nitrogens with zero attached hydrogens (tertiary/aromatic N) is 2. The molecule has 2 rings (SSSR count). The van der Waals surface area contributed by atoms with Crippen molar-refractivity contribution < 1.29 is 9.13 Å². The van der Waals surface area contributed by atoms with Crippen LogP contribution in [0.1, 0.15) is 5.69 Å². The summed E-state index contributed by atoms with van der Waals surface area (Å²) in [6.45, 7) is 1.78. The third-order valence-electron chi connectivity index (χ3n) is 2.31. The third-order valence-corrected chi connectivity index (χ3v) is 2.97. The van der Waals surface area contributed by atoms with Gasteiger partial charge in [0.25, 0.3) is 0 Å². The number of hydrogen-bond donors (Lipinski definition) is 1. The fourth-order valence-corrected chi connectivity index (χ4v) is 1.76. The van der Waals surface area contributed by atoms with Crippen molar-refractivity contribution in [2.24, 2.45) is 7.05 Å². The van der Waals surface area contributed by atoms with Crippen molar-refractivity contribution in [1.29, 1.82) is 0 Å². The zero-order valence-electron chi connectivity index (χ0n) is 9.37. The highest BCUT2D eigenvalue weighted by Gasteiger charge is 2.14. The number of hydrogen-bond acceptors (Lipinski definition) is 3. The topological polar surface area (TPSA) is 53.1 Å². The molecule has 6 heteroatoms. The number of aromatic nitrogens is 2. The monoisotopic (exact) mass is 299 g/mol. The van der Waals surface area contributed by atoms with Crippen LogP contribution in [0.4, 0.5) is 10.1 Å². The molecule has 0 spiro atoms. The lowest BCUT2D eigenvalue weighted by Gasteiger charge is -2.08. The highest BCUT2D eigenvalue weighted by molar-refractivity contribution is 9.10. The lowest BCUT2D eigenvalue weighted by atomic mass is 10.3. The van der Waals surface area contributed by atoms with E-state index >= 15 is 0 Å². The molecule has 0 atom stereocenters. The third kappa shape index (κ3) is 2.26. The molecule has 0 unspecified atom stereocenters. The van der Waals surface area contributed by atoms with Crippen molar-refractivity contribution in [3.63, 3.8) is 0 Å². The van der Waals surface area contributed by atoms with Crippen molar-refractivity contribution in [3.05, 3.63) is 34.2 Å². The first-order valence-electron chi connectivity index (χ1n) is 4.91. The molecule has 0 aliphatic rings. The van der Waals surface area contributed by atoms with Crippen LogP contribution in [-0.2, 0) is 7.05 Å². The van der Waals surface area contributed by atoms with Crippen LogP contribution in [0.25, 0.3) is 0 Å². The fraction of sp³-hybridized carbons (Fsp3) is 0.182. The van der Waals surface area contributed by atoms with E-state index in [0.29, 0.717) is 27.5 Å². The first-order valence-corrected chi connectivity index (χ1v) is 5.70. The zero-order chi connectivity index (χ0) is 12.6. The van der Waals surface area contributed by atoms with Crippen LogP contribution in [0.2, 0.25) is 0 Å². The molecule has 0 saturated carbocycles. The van der Waals surface area contributed by atoms with Crippen LogP contribution in [0, 0.1) is 12.7 Å². The van der Waals surface area contributed by atoms with Crippen LogP contribution in [-0.4, -0.2) is 9.78 Å². The van der Waals surface area contributed by atoms with Gasteiger partial charge in [-0.15, -0.1) is 0 Å². The van der Waals surface area contributed by atoms with Crippen LogP contribution in [0.15, 0.2) is 22.7 Å². The molecule has 17 heavy (non-hydrogen) atoms. The number of nitrogen functional groups attached to an aromatic ring is 1. The zero-order valence-corrected chi connectivity index (χ0v) is 11.0. The molecule has 0 aliphatic heterocycles. The van der Waals surface area contributed by atoms with Gasteiger partial charge in [0.2, 0.25) is 5.88 Å². The average molecular weight is 300 g/mol. The highest BCUT2D eigenvalue weighted by Crippen LogP contribution is 2.33. The maximum Gasteiger partial charge on any atom is 0.241 e. The van der Waals surface area contributed by atoms with Gasteiger partial charge in [0.15, 0.2) is 0 Å². The van der Waals surface area contributed by atoms with Gasteiger partial charge in [-0.05, 0) is 35.0 Å². The summed E-state index contributed by atoms with van der Waals surface area (Å²) in [7, 11) is 1.71. The summed E-state index contributed by atoms with van der Waals surface area (Å²) in [5.41, 5.74) is 6.95. The van der Waals surface area contributed by atoms with Crippen molar-refractivity contribution in [2.75, 3.05) is 5.73 Å². The maximum absolute atomic E-state index is 13.1. The Morgan fingerprint density at radius 1 is 1.47 bits per heavy atom. The lowest BCUT2D eigenvalue weighted by molar-refractivity contribution is 0.427. The second kappa shape index (κ2) is 4.37. The standard InChI is InChI=1S/C11H11BrFN3O/c1-6-10(14)11(16(2)15-6)17-9-5-7(13)3-4-8(9)12/h3-5H,14H2,1-2H3. The summed E-state index contributed by atoms with van der Waals surface area (Å²) >= 11 is 3.28. The lowest BCUT2D eigenvalue weighted by Crippen LogP contribution is -1.97. The van der Waals surface area contributed by atoms with E-state index in [1.165, 1.54) is 16.8 Å². The molecule has 1 aromatic carbocycles. The fourth-order valence-electron chi connectivity index (χ4n) is 1.43. The van der Waals surface area contributed by atoms with Gasteiger partial charge >= 0.3 is 0 Å². The van der Waals surface area contributed by atoms with Crippen molar-refractivity contribution in [2.45, 2.75) is 6.92 Å². The summed E-state index contributed by atoms with van der Waals surface area (Å²) in [6.07, 6.45) is 0. The quantitative estimate of drug-likeness (QED) is 0.927. The number of benzene rings is 1. The van der Waals surface area contributed by atoms with Gasteiger partial charge in [0.05, 0.1) is 10.2 Å². The van der Waals surface area contributed by atoms with Gasteiger partial charge in [-0.1, -0.05) is 0 Å². The number of aryl methyl sites for hydroxylation is 2. The number of ether oxygens (including phenoxy) is 1. The summed E-state index contributed by atoms with van der Waals surface area (Å²) in [5, 5.41) is 4.12. The van der Waals surface area contributed by atoms with E-state index in [1.807, 2.05) is 0 Å². The molecular formula is C11H11BrFN3O. The molecule has 0 radical (unpaired) electrons. The molecule has 0 aliphatic carbocycles. The van der Waals surface area contributed by atoms with Crippen molar-refractivity contribution in [3.8, 4) is 11.6 Å². The summed E-state index contributed by atoms with van der Waals surface area (Å²) in [6, 6.07) is 4.20. The Labute approximate surface area is 106 Å². The molecule has 0 saturated heterocycles. The van der Waals surface area contributed by atoms with Gasteiger partial charge in [-0.25, -0.2) is 9.07 Å². The Morgan fingerprint density at radius 2 is 2.18 bits per heavy atom. The van der Waals surface area contributed by atoms with Gasteiger partial charge in [0.1, 0.15) is 17.3 Å². The maximum atomic E-state index is 13.1. The van der Waals surface area contributed by atoms with Crippen molar-refractivity contribution in [1.82, 2.24) is 9.78 Å². The summed E-state index contributed by atoms with van der Waals surface area (Å²) < 4.78 is 20.8. The Morgan fingerprint density at radius 3 is 2.76 bits per heavy atom. The van der Waals surface area contributed by atoms with Crippen LogP contribution in [0.5, 0.6) is 11.6 Å². The van der Waals surface area contributed by atoms with E-state index in [4.69, 9.17) is 10.5 Å². The Bertz CT molecular complexity index is 568. The first kappa shape index (κ1) is 11.9.